The van der Waals surface area contributed by atoms with E-state index in [-0.39, 0.29) is 23.5 Å². The molecule has 8 atom stereocenters. The SMILES string of the molecule is COc1ccc(N=Nc2ccc(OCCCCCOC(=O)c3ccc(N=Cc4ccc(OCCCCCCCC(=O)O[C@H]5CC[C@@]6(C)C(=CC[C@H]7[C@@H]8CC[C@H]([C@H](C)CCCC(C)C)[C@@]8(C)CC[C@@H]76)C5)cc4)cc3)cc2)cc1. The van der Waals surface area contributed by atoms with E-state index < -0.39 is 0 Å². The van der Waals surface area contributed by atoms with Gasteiger partial charge >= 0.3 is 11.9 Å². The van der Waals surface area contributed by atoms with Gasteiger partial charge in [-0.15, -0.1) is 0 Å². The van der Waals surface area contributed by atoms with Gasteiger partial charge in [-0.05, 0) is 226 Å². The number of carbonyl (C=O) groups is 2. The maximum atomic E-state index is 13.0. The van der Waals surface area contributed by atoms with Gasteiger partial charge in [0.2, 0.25) is 0 Å². The van der Waals surface area contributed by atoms with Crippen LogP contribution in [0.2, 0.25) is 0 Å². The van der Waals surface area contributed by atoms with E-state index in [1.807, 2.05) is 84.9 Å². The largest absolute Gasteiger partial charge is 0.497 e. The first kappa shape index (κ1) is 57.4. The van der Waals surface area contributed by atoms with E-state index in [9.17, 15) is 9.59 Å². The molecule has 0 radical (unpaired) electrons. The Bertz CT molecular complexity index is 2560. The third kappa shape index (κ3) is 15.9. The number of azo groups is 1. The summed E-state index contributed by atoms with van der Waals surface area (Å²) < 4.78 is 28.7. The number of allylic oxidation sites excluding steroid dienone is 1. The minimum atomic E-state index is -0.342. The van der Waals surface area contributed by atoms with Crippen molar-refractivity contribution in [2.45, 2.75) is 169 Å². The summed E-state index contributed by atoms with van der Waals surface area (Å²) in [5.74, 6) is 7.08. The number of fused-ring (bicyclic) bond motifs is 5. The van der Waals surface area contributed by atoms with E-state index in [0.29, 0.717) is 37.2 Å². The van der Waals surface area contributed by atoms with Crippen LogP contribution in [0.3, 0.4) is 0 Å². The number of ether oxygens (including phenoxy) is 5. The van der Waals surface area contributed by atoms with Crippen LogP contribution < -0.4 is 14.2 Å². The van der Waals surface area contributed by atoms with Gasteiger partial charge in [0.1, 0.15) is 23.4 Å². The number of rotatable bonds is 28. The van der Waals surface area contributed by atoms with Gasteiger partial charge < -0.3 is 23.7 Å². The van der Waals surface area contributed by atoms with E-state index in [4.69, 9.17) is 23.7 Å². The maximum absolute atomic E-state index is 13.0. The molecule has 0 aromatic heterocycles. The standard InChI is InChI=1S/C67H89N3O7/c1-48(2)16-15-17-49(3)61-37-38-62-60-36-23-52-46-59(39-41-66(52,4)63(60)40-42-67(61,62)5)77-64(71)18-11-8-7-9-12-43-74-57-30-19-50(20-31-57)47-68-53-24-21-51(22-25-53)65(72)76-45-14-10-13-44-75-58-34-28-55(29-35-58)70-69-54-26-32-56(73-6)33-27-54/h19-35,47-49,59-63H,7-18,36-46H2,1-6H3/t49-,59+,60+,61-,62+,63+,66+,67-/m1/s1. The van der Waals surface area contributed by atoms with Crippen LogP contribution in [0, 0.1) is 46.3 Å². The van der Waals surface area contributed by atoms with Crippen molar-refractivity contribution >= 4 is 35.2 Å². The molecule has 4 aromatic carbocycles. The second-order valence-corrected chi connectivity index (χ2v) is 23.8. The summed E-state index contributed by atoms with van der Waals surface area (Å²) in [5, 5.41) is 8.54. The second-order valence-electron chi connectivity index (χ2n) is 23.8. The number of carbonyl (C=O) groups excluding carboxylic acids is 2. The zero-order valence-electron chi connectivity index (χ0n) is 47.4. The highest BCUT2D eigenvalue weighted by molar-refractivity contribution is 5.90. The highest BCUT2D eigenvalue weighted by Crippen LogP contribution is 2.67. The van der Waals surface area contributed by atoms with Crippen molar-refractivity contribution in [1.82, 2.24) is 0 Å². The molecule has 0 heterocycles. The zero-order valence-corrected chi connectivity index (χ0v) is 47.4. The molecule has 0 amide bonds. The summed E-state index contributed by atoms with van der Waals surface area (Å²) in [5.41, 5.74) is 6.09. The molecule has 10 nitrogen and oxygen atoms in total. The number of aliphatic imine (C=N–C) groups is 1. The van der Waals surface area contributed by atoms with Gasteiger partial charge in [-0.3, -0.25) is 9.79 Å². The fourth-order valence-electron chi connectivity index (χ4n) is 13.8. The van der Waals surface area contributed by atoms with Crippen molar-refractivity contribution < 1.29 is 33.3 Å². The molecule has 3 fully saturated rings. The van der Waals surface area contributed by atoms with Crippen LogP contribution in [-0.2, 0) is 14.3 Å². The van der Waals surface area contributed by atoms with Gasteiger partial charge in [-0.25, -0.2) is 4.79 Å². The predicted molar refractivity (Wildman–Crippen MR) is 310 cm³/mol. The molecule has 0 N–H and O–H groups in total. The minimum absolute atomic E-state index is 0.0124. The summed E-state index contributed by atoms with van der Waals surface area (Å²) in [4.78, 5) is 30.3. The van der Waals surface area contributed by atoms with Gasteiger partial charge in [0.15, 0.2) is 0 Å². The third-order valence-corrected chi connectivity index (χ3v) is 18.2. The molecule has 0 saturated heterocycles. The molecule has 0 spiro atoms. The Morgan fingerprint density at radius 3 is 1.92 bits per heavy atom. The third-order valence-electron chi connectivity index (χ3n) is 18.2. The number of esters is 2. The normalized spacial score (nSPS) is 24.2. The lowest BCUT2D eigenvalue weighted by Gasteiger charge is -2.58. The van der Waals surface area contributed by atoms with E-state index in [2.05, 4.69) is 55.9 Å². The molecular formula is C67H89N3O7. The number of hydrogen-bond donors (Lipinski definition) is 0. The van der Waals surface area contributed by atoms with E-state index in [0.717, 1.165) is 146 Å². The van der Waals surface area contributed by atoms with Crippen LogP contribution in [0.4, 0.5) is 17.1 Å². The fraction of sp³-hybridized carbons (Fsp3) is 0.567. The first-order valence-corrected chi connectivity index (χ1v) is 29.6. The van der Waals surface area contributed by atoms with Gasteiger partial charge in [-0.2, -0.15) is 10.2 Å². The van der Waals surface area contributed by atoms with Crippen LogP contribution >= 0.6 is 0 Å². The summed E-state index contributed by atoms with van der Waals surface area (Å²) in [6.45, 7) is 14.2. The minimum Gasteiger partial charge on any atom is -0.497 e. The Kier molecular flexibility index (Phi) is 21.0. The molecule has 10 heteroatoms. The molecule has 4 aliphatic carbocycles. The van der Waals surface area contributed by atoms with Crippen LogP contribution in [0.15, 0.2) is 124 Å². The first-order chi connectivity index (χ1) is 37.4. The van der Waals surface area contributed by atoms with E-state index >= 15 is 0 Å². The maximum Gasteiger partial charge on any atom is 0.338 e. The lowest BCUT2D eigenvalue weighted by Crippen LogP contribution is -2.51. The molecule has 0 bridgehead atoms. The summed E-state index contributed by atoms with van der Waals surface area (Å²) in [7, 11) is 1.63. The van der Waals surface area contributed by atoms with Crippen molar-refractivity contribution in [2.75, 3.05) is 26.9 Å². The average Bonchev–Trinajstić information content (AvgIpc) is 3.87. The number of hydrogen-bond acceptors (Lipinski definition) is 10. The van der Waals surface area contributed by atoms with E-state index in [1.54, 1.807) is 31.0 Å². The van der Waals surface area contributed by atoms with Gasteiger partial charge in [0, 0.05) is 19.1 Å². The van der Waals surface area contributed by atoms with Crippen molar-refractivity contribution in [3.8, 4) is 17.2 Å². The van der Waals surface area contributed by atoms with Gasteiger partial charge in [-0.1, -0.05) is 84.8 Å². The topological polar surface area (TPSA) is 117 Å². The Balaban J connectivity index is 0.635. The summed E-state index contributed by atoms with van der Waals surface area (Å²) in [6, 6.07) is 30.0. The van der Waals surface area contributed by atoms with Crippen molar-refractivity contribution in [1.29, 1.82) is 0 Å². The molecule has 4 aliphatic rings. The Morgan fingerprint density at radius 1 is 0.636 bits per heavy atom. The summed E-state index contributed by atoms with van der Waals surface area (Å²) in [6.07, 6.45) is 26.7. The molecule has 0 unspecified atom stereocenters. The van der Waals surface area contributed by atoms with Crippen molar-refractivity contribution in [3.05, 3.63) is 120 Å². The molecule has 8 rings (SSSR count). The number of unbranched alkanes of at least 4 members (excludes halogenated alkanes) is 6. The van der Waals surface area contributed by atoms with Gasteiger partial charge in [0.05, 0.1) is 49.6 Å². The van der Waals surface area contributed by atoms with Crippen molar-refractivity contribution in [2.24, 2.45) is 61.6 Å². The molecule has 77 heavy (non-hydrogen) atoms. The molecule has 414 valence electrons. The lowest BCUT2D eigenvalue weighted by molar-refractivity contribution is -0.151. The first-order valence-electron chi connectivity index (χ1n) is 29.6. The molecule has 0 aliphatic heterocycles. The predicted octanol–water partition coefficient (Wildman–Crippen LogP) is 17.9. The highest BCUT2D eigenvalue weighted by atomic mass is 16.5. The van der Waals surface area contributed by atoms with Gasteiger partial charge in [0.25, 0.3) is 0 Å². The molecule has 4 aromatic rings. The van der Waals surface area contributed by atoms with E-state index in [1.165, 1.54) is 51.4 Å². The second kappa shape index (κ2) is 28.2. The van der Waals surface area contributed by atoms with Crippen LogP contribution in [-0.4, -0.2) is 51.2 Å². The quantitative estimate of drug-likeness (QED) is 0.0183. The lowest BCUT2D eigenvalue weighted by atomic mass is 9.47. The summed E-state index contributed by atoms with van der Waals surface area (Å²) >= 11 is 0. The number of benzene rings is 4. The number of nitrogens with zero attached hydrogens (tertiary/aromatic N) is 3. The smallest absolute Gasteiger partial charge is 0.338 e. The highest BCUT2D eigenvalue weighted by Gasteiger charge is 2.59. The average molecular weight is 1050 g/mol. The fourth-order valence-corrected chi connectivity index (χ4v) is 13.8. The monoisotopic (exact) mass is 1050 g/mol. The Hall–Kier alpha value is -5.77. The Labute approximate surface area is 461 Å². The van der Waals surface area contributed by atoms with Crippen LogP contribution in [0.5, 0.6) is 17.2 Å². The van der Waals surface area contributed by atoms with Crippen LogP contribution in [0.1, 0.15) is 179 Å². The molecular weight excluding hydrogens is 959 g/mol. The van der Waals surface area contributed by atoms with Crippen molar-refractivity contribution in [3.63, 3.8) is 0 Å². The van der Waals surface area contributed by atoms with Crippen LogP contribution in [0.25, 0.3) is 0 Å². The Morgan fingerprint density at radius 2 is 1.25 bits per heavy atom. The number of methoxy groups -OCH3 is 1. The molecule has 3 saturated carbocycles. The zero-order chi connectivity index (χ0) is 54.0.